The average molecular weight is 608 g/mol. The van der Waals surface area contributed by atoms with E-state index < -0.39 is 24.0 Å². The van der Waals surface area contributed by atoms with Crippen LogP contribution < -0.4 is 9.64 Å². The van der Waals surface area contributed by atoms with Gasteiger partial charge in [0, 0.05) is 35.2 Å². The molecule has 2 saturated heterocycles. The highest BCUT2D eigenvalue weighted by Crippen LogP contribution is 2.46. The molecule has 3 N–H and O–H groups in total. The molecule has 3 heterocycles. The number of halogens is 3. The molecule has 1 aromatic heterocycles. The quantitative estimate of drug-likeness (QED) is 0.205. The van der Waals surface area contributed by atoms with E-state index in [1.807, 2.05) is 0 Å². The van der Waals surface area contributed by atoms with Crippen molar-refractivity contribution in [2.24, 2.45) is 17.8 Å². The number of hydrogen-bond donors (Lipinski definition) is 3. The summed E-state index contributed by atoms with van der Waals surface area (Å²) in [6, 6.07) is 3.39. The monoisotopic (exact) mass is 607 g/mol. The van der Waals surface area contributed by atoms with Crippen LogP contribution in [0, 0.1) is 23.2 Å². The van der Waals surface area contributed by atoms with E-state index in [1.54, 1.807) is 6.07 Å². The smallest absolute Gasteiger partial charge is 0.392 e. The van der Waals surface area contributed by atoms with Crippen molar-refractivity contribution in [2.75, 3.05) is 18.6 Å². The zero-order valence-corrected chi connectivity index (χ0v) is 24.3. The Kier molecular flexibility index (Phi) is 7.88. The van der Waals surface area contributed by atoms with E-state index >= 15 is 0 Å². The Hall–Kier alpha value is -2.86. The number of carboxylic acids is 1. The van der Waals surface area contributed by atoms with Crippen molar-refractivity contribution < 1.29 is 37.7 Å². The number of nitrogens with one attached hydrogen (secondary N) is 1. The Morgan fingerprint density at radius 2 is 1.79 bits per heavy atom. The predicted molar refractivity (Wildman–Crippen MR) is 153 cm³/mol. The Labute approximate surface area is 246 Å². The number of piperidine rings is 1. The van der Waals surface area contributed by atoms with Gasteiger partial charge in [0.1, 0.15) is 17.0 Å². The number of methoxy groups -OCH3 is 1. The molecule has 42 heavy (non-hydrogen) atoms. The number of aromatic nitrogens is 1. The zero-order valence-electron chi connectivity index (χ0n) is 23.5. The van der Waals surface area contributed by atoms with Gasteiger partial charge in [-0.25, -0.2) is 9.78 Å². The maximum absolute atomic E-state index is 13.9. The maximum Gasteiger partial charge on any atom is 0.392 e. The fourth-order valence-corrected chi connectivity index (χ4v) is 8.30. The molecule has 0 radical (unpaired) electrons. The fourth-order valence-electron chi connectivity index (χ4n) is 7.14. The second kappa shape index (κ2) is 11.3. The van der Waals surface area contributed by atoms with Gasteiger partial charge in [-0.1, -0.05) is 24.2 Å². The number of benzene rings is 1. The molecule has 5 atom stereocenters. The summed E-state index contributed by atoms with van der Waals surface area (Å²) in [4.78, 5) is 18.7. The lowest BCUT2D eigenvalue weighted by Gasteiger charge is -2.39. The lowest BCUT2D eigenvalue weighted by molar-refractivity contribution is -0.189. The largest absolute Gasteiger partial charge is 0.512 e. The maximum atomic E-state index is 13.9. The molecule has 2 aliphatic carbocycles. The van der Waals surface area contributed by atoms with Crippen LogP contribution in [0.1, 0.15) is 74.6 Å². The lowest BCUT2D eigenvalue weighted by atomic mass is 9.74. The van der Waals surface area contributed by atoms with Gasteiger partial charge in [0.25, 0.3) is 0 Å². The highest BCUT2D eigenvalue weighted by molar-refractivity contribution is 7.22. The molecule has 8 nitrogen and oxygen atoms in total. The van der Waals surface area contributed by atoms with Crippen LogP contribution in [0.2, 0.25) is 0 Å². The number of nitrogens with zero attached hydrogens (tertiary/aromatic N) is 2. The summed E-state index contributed by atoms with van der Waals surface area (Å²) in [5.74, 6) is -3.17. The number of thiazole rings is 1. The van der Waals surface area contributed by atoms with Crippen LogP contribution in [0.4, 0.5) is 18.3 Å². The fraction of sp³-hybridized carbons (Fsp3) is 0.633. The highest BCUT2D eigenvalue weighted by atomic mass is 32.1. The number of fused-ring (bicyclic) bond motifs is 3. The number of ether oxygens (including phenoxy) is 2. The van der Waals surface area contributed by atoms with Crippen LogP contribution in [0.15, 0.2) is 23.5 Å². The van der Waals surface area contributed by atoms with Crippen molar-refractivity contribution in [3.8, 4) is 5.75 Å². The van der Waals surface area contributed by atoms with E-state index in [4.69, 9.17) is 19.9 Å². The summed E-state index contributed by atoms with van der Waals surface area (Å²) < 4.78 is 54.0. The van der Waals surface area contributed by atoms with Crippen LogP contribution in [0.3, 0.4) is 0 Å². The van der Waals surface area contributed by atoms with Crippen molar-refractivity contribution in [1.29, 1.82) is 5.41 Å². The molecule has 12 heteroatoms. The molecule has 6 rings (SSSR count). The summed E-state index contributed by atoms with van der Waals surface area (Å²) in [5, 5.41) is 30.1. The molecule has 0 spiro atoms. The summed E-state index contributed by atoms with van der Waals surface area (Å²) in [6.07, 6.45) is 1.78. The molecule has 4 unspecified atom stereocenters. The van der Waals surface area contributed by atoms with Crippen molar-refractivity contribution in [3.05, 3.63) is 29.0 Å². The first-order valence-electron chi connectivity index (χ1n) is 14.7. The predicted octanol–water partition coefficient (Wildman–Crippen LogP) is 7.13. The van der Waals surface area contributed by atoms with Crippen LogP contribution in [-0.4, -0.2) is 65.0 Å². The minimum atomic E-state index is -4.37. The molecule has 2 aromatic rings. The topological polar surface area (TPSA) is 116 Å². The second-order valence-corrected chi connectivity index (χ2v) is 13.1. The normalized spacial score (nSPS) is 28.6. The summed E-state index contributed by atoms with van der Waals surface area (Å²) >= 11 is 1.44. The molecular formula is C30H36F3N3O5S. The van der Waals surface area contributed by atoms with E-state index in [1.165, 1.54) is 24.5 Å². The minimum absolute atomic E-state index is 0.0198. The second-order valence-electron chi connectivity index (χ2n) is 12.1. The number of hydrogen-bond acceptors (Lipinski definition) is 8. The number of carbonyl (C=O) groups is 1. The van der Waals surface area contributed by atoms with Crippen molar-refractivity contribution in [2.45, 2.75) is 88.6 Å². The molecule has 1 aromatic carbocycles. The molecular weight excluding hydrogens is 571 g/mol. The van der Waals surface area contributed by atoms with Gasteiger partial charge >= 0.3 is 12.1 Å². The summed E-state index contributed by atoms with van der Waals surface area (Å²) in [6.45, 7) is -0.0529. The van der Waals surface area contributed by atoms with Gasteiger partial charge in [-0.15, -0.1) is 0 Å². The zero-order chi connectivity index (χ0) is 29.8. The first kappa shape index (κ1) is 29.2. The van der Waals surface area contributed by atoms with Crippen molar-refractivity contribution in [1.82, 2.24) is 4.98 Å². The summed E-state index contributed by atoms with van der Waals surface area (Å²) in [7, 11) is 1.49. The summed E-state index contributed by atoms with van der Waals surface area (Å²) in [5.41, 5.74) is 0.916. The number of anilines is 1. The number of aliphatic hydroxyl groups is 1. The Bertz CT molecular complexity index is 1390. The molecule has 0 amide bonds. The van der Waals surface area contributed by atoms with E-state index in [2.05, 4.69) is 4.90 Å². The first-order chi connectivity index (χ1) is 20.0. The third-order valence-electron chi connectivity index (χ3n) is 9.45. The van der Waals surface area contributed by atoms with Gasteiger partial charge in [-0.2, -0.15) is 13.2 Å². The Balaban J connectivity index is 1.17. The molecule has 4 aliphatic rings. The van der Waals surface area contributed by atoms with Gasteiger partial charge in [0.15, 0.2) is 5.13 Å². The van der Waals surface area contributed by atoms with Gasteiger partial charge in [-0.3, -0.25) is 0 Å². The van der Waals surface area contributed by atoms with Crippen molar-refractivity contribution >= 4 is 38.4 Å². The number of aromatic carboxylic acids is 1. The molecule has 4 fully saturated rings. The third-order valence-corrected chi connectivity index (χ3v) is 10.5. The van der Waals surface area contributed by atoms with Crippen LogP contribution in [-0.2, 0) is 4.74 Å². The van der Waals surface area contributed by atoms with Gasteiger partial charge in [-0.05, 0) is 63.5 Å². The molecule has 2 aliphatic heterocycles. The van der Waals surface area contributed by atoms with Gasteiger partial charge in [0.05, 0.1) is 36.0 Å². The standard InChI is InChI=1S/C30H36F3N3O5S/c1-40-23-10-16(28(38)39)11-24-26(23)35-29(42-24)36-17-8-9-18(36)13-19(12-17)41-14-21(27(37)15-6-7-15)25(34)20-4-2-3-5-22(20)30(31,32)33/h10-11,15,17-20,22,34,37H,2-9,12-14H2,1H3,(H,38,39)/b27-21-,34-25?/t17-,18?,19?,20?,22?/m0/s1. The van der Waals surface area contributed by atoms with E-state index in [0.717, 1.165) is 35.5 Å². The SMILES string of the molecule is COc1cc(C(=O)O)cc2sc(N3C4CC[C@H]3CC(OC/C(C(=N)C3CCCCC3C(F)(F)F)=C(/O)C3CC3)C4)nc12. The number of alkyl halides is 3. The van der Waals surface area contributed by atoms with Crippen LogP contribution in [0.25, 0.3) is 10.2 Å². The number of aliphatic hydroxyl groups excluding tert-OH is 1. The van der Waals surface area contributed by atoms with E-state index in [9.17, 15) is 28.2 Å². The number of carboxylic acid groups (broad SMARTS) is 1. The molecule has 228 valence electrons. The molecule has 2 saturated carbocycles. The number of rotatable bonds is 9. The first-order valence-corrected chi connectivity index (χ1v) is 15.6. The van der Waals surface area contributed by atoms with Gasteiger partial charge < -0.3 is 30.0 Å². The van der Waals surface area contributed by atoms with E-state index in [0.29, 0.717) is 43.4 Å². The van der Waals surface area contributed by atoms with E-state index in [-0.39, 0.29) is 59.7 Å². The number of allylic oxidation sites excluding steroid dienone is 1. The lowest BCUT2D eigenvalue weighted by Crippen LogP contribution is -2.46. The van der Waals surface area contributed by atoms with Crippen LogP contribution in [0.5, 0.6) is 5.75 Å². The third kappa shape index (κ3) is 5.59. The Morgan fingerprint density at radius 1 is 1.10 bits per heavy atom. The molecule has 2 bridgehead atoms. The Morgan fingerprint density at radius 3 is 2.40 bits per heavy atom. The van der Waals surface area contributed by atoms with Crippen molar-refractivity contribution in [3.63, 3.8) is 0 Å². The highest BCUT2D eigenvalue weighted by Gasteiger charge is 2.48. The minimum Gasteiger partial charge on any atom is -0.512 e. The van der Waals surface area contributed by atoms with Gasteiger partial charge in [0.2, 0.25) is 0 Å². The average Bonchev–Trinajstić information content (AvgIpc) is 3.67. The van der Waals surface area contributed by atoms with Crippen LogP contribution >= 0.6 is 11.3 Å².